The first-order valence-corrected chi connectivity index (χ1v) is 5.32. The van der Waals surface area contributed by atoms with Gasteiger partial charge >= 0.3 is 0 Å². The van der Waals surface area contributed by atoms with Crippen molar-refractivity contribution in [2.75, 3.05) is 0 Å². The molecule has 0 aliphatic heterocycles. The molecule has 1 rings (SSSR count). The number of rotatable bonds is 4. The van der Waals surface area contributed by atoms with Crippen molar-refractivity contribution in [3.8, 4) is 0 Å². The summed E-state index contributed by atoms with van der Waals surface area (Å²) in [7, 11) is 0. The lowest BCUT2D eigenvalue weighted by Crippen LogP contribution is -1.97. The summed E-state index contributed by atoms with van der Waals surface area (Å²) in [4.78, 5) is 11.4. The number of Topliss-reactive ketones (excluding diaryl/α,β-unsaturated/α-hetero) is 1. The third-order valence-electron chi connectivity index (χ3n) is 2.74. The minimum Gasteiger partial charge on any atom is -0.294 e. The second-order valence-electron chi connectivity index (χ2n) is 3.71. The molecule has 14 heavy (non-hydrogen) atoms. The molecule has 1 nitrogen and oxygen atoms in total. The Labute approximate surface area is 86.1 Å². The maximum atomic E-state index is 11.4. The Balaban J connectivity index is 2.83. The lowest BCUT2D eigenvalue weighted by atomic mass is 9.96. The Bertz CT molecular complexity index is 298. The van der Waals surface area contributed by atoms with Crippen molar-refractivity contribution >= 4 is 5.78 Å². The van der Waals surface area contributed by atoms with E-state index in [1.54, 1.807) is 0 Å². The van der Waals surface area contributed by atoms with E-state index in [4.69, 9.17) is 0 Å². The largest absolute Gasteiger partial charge is 0.294 e. The van der Waals surface area contributed by atoms with E-state index < -0.39 is 0 Å². The van der Waals surface area contributed by atoms with Crippen molar-refractivity contribution in [1.82, 2.24) is 0 Å². The van der Waals surface area contributed by atoms with Gasteiger partial charge in [0, 0.05) is 12.0 Å². The smallest absolute Gasteiger partial charge is 0.162 e. The Kier molecular flexibility index (Phi) is 3.87. The molecule has 0 aromatic heterocycles. The van der Waals surface area contributed by atoms with Crippen molar-refractivity contribution < 1.29 is 4.79 Å². The molecule has 0 aliphatic rings. The molecule has 0 spiro atoms. The summed E-state index contributed by atoms with van der Waals surface area (Å²) in [5, 5.41) is 0. The first-order chi connectivity index (χ1) is 6.69. The molecule has 76 valence electrons. The van der Waals surface area contributed by atoms with Gasteiger partial charge in [-0.15, -0.1) is 0 Å². The number of benzene rings is 1. The Morgan fingerprint density at radius 2 is 1.79 bits per heavy atom. The summed E-state index contributed by atoms with van der Waals surface area (Å²) in [6.45, 7) is 6.28. The molecule has 1 aromatic rings. The van der Waals surface area contributed by atoms with Crippen molar-refractivity contribution in [2.24, 2.45) is 0 Å². The van der Waals surface area contributed by atoms with Crippen LogP contribution in [0.25, 0.3) is 0 Å². The van der Waals surface area contributed by atoms with E-state index in [0.717, 1.165) is 12.0 Å². The zero-order chi connectivity index (χ0) is 10.6. The number of hydrogen-bond donors (Lipinski definition) is 0. The van der Waals surface area contributed by atoms with Crippen LogP contribution in [-0.2, 0) is 0 Å². The molecule has 1 unspecified atom stereocenters. The Morgan fingerprint density at radius 1 is 1.21 bits per heavy atom. The molecule has 1 heteroatoms. The van der Waals surface area contributed by atoms with Crippen LogP contribution in [0.15, 0.2) is 24.3 Å². The maximum absolute atomic E-state index is 11.4. The normalized spacial score (nSPS) is 12.5. The van der Waals surface area contributed by atoms with Gasteiger partial charge in [0.15, 0.2) is 5.78 Å². The molecular formula is C13H18O. The van der Waals surface area contributed by atoms with Gasteiger partial charge in [-0.05, 0) is 17.9 Å². The van der Waals surface area contributed by atoms with Crippen LogP contribution in [-0.4, -0.2) is 5.78 Å². The standard InChI is InChI=1S/C13H18O/c1-4-10(3)11-6-8-12(9-7-11)13(14)5-2/h6-10H,4-5H2,1-3H3. The highest BCUT2D eigenvalue weighted by molar-refractivity contribution is 5.95. The number of carbonyl (C=O) groups is 1. The third kappa shape index (κ3) is 2.44. The van der Waals surface area contributed by atoms with E-state index in [1.165, 1.54) is 5.56 Å². The molecular weight excluding hydrogens is 172 g/mol. The van der Waals surface area contributed by atoms with Gasteiger partial charge in [0.05, 0.1) is 0 Å². The minimum atomic E-state index is 0.223. The van der Waals surface area contributed by atoms with Crippen LogP contribution in [0.3, 0.4) is 0 Å². The van der Waals surface area contributed by atoms with Crippen molar-refractivity contribution in [3.63, 3.8) is 0 Å². The lowest BCUT2D eigenvalue weighted by molar-refractivity contribution is 0.0988. The predicted molar refractivity (Wildman–Crippen MR) is 59.8 cm³/mol. The second-order valence-corrected chi connectivity index (χ2v) is 3.71. The number of carbonyl (C=O) groups excluding carboxylic acids is 1. The zero-order valence-electron chi connectivity index (χ0n) is 9.21. The average molecular weight is 190 g/mol. The van der Waals surface area contributed by atoms with Crippen LogP contribution in [0.2, 0.25) is 0 Å². The summed E-state index contributed by atoms with van der Waals surface area (Å²) >= 11 is 0. The van der Waals surface area contributed by atoms with Gasteiger partial charge in [-0.1, -0.05) is 45.0 Å². The van der Waals surface area contributed by atoms with E-state index >= 15 is 0 Å². The highest BCUT2D eigenvalue weighted by Crippen LogP contribution is 2.19. The summed E-state index contributed by atoms with van der Waals surface area (Å²) in [5.41, 5.74) is 2.15. The van der Waals surface area contributed by atoms with Crippen LogP contribution >= 0.6 is 0 Å². The van der Waals surface area contributed by atoms with Crippen LogP contribution in [0.1, 0.15) is 55.5 Å². The SMILES string of the molecule is CCC(=O)c1ccc(C(C)CC)cc1. The lowest BCUT2D eigenvalue weighted by Gasteiger charge is -2.08. The van der Waals surface area contributed by atoms with Crippen molar-refractivity contribution in [2.45, 2.75) is 39.5 Å². The van der Waals surface area contributed by atoms with E-state index in [1.807, 2.05) is 19.1 Å². The number of hydrogen-bond acceptors (Lipinski definition) is 1. The second kappa shape index (κ2) is 4.94. The molecule has 1 atom stereocenters. The van der Waals surface area contributed by atoms with Gasteiger partial charge in [0.1, 0.15) is 0 Å². The van der Waals surface area contributed by atoms with Gasteiger partial charge in [-0.25, -0.2) is 0 Å². The topological polar surface area (TPSA) is 17.1 Å². The summed E-state index contributed by atoms with van der Waals surface area (Å²) in [6, 6.07) is 8.01. The number of ketones is 1. The van der Waals surface area contributed by atoms with Crippen LogP contribution in [0, 0.1) is 0 Å². The molecule has 0 amide bonds. The van der Waals surface area contributed by atoms with Gasteiger partial charge in [0.2, 0.25) is 0 Å². The van der Waals surface area contributed by atoms with E-state index in [9.17, 15) is 4.79 Å². The van der Waals surface area contributed by atoms with Gasteiger partial charge in [-0.3, -0.25) is 4.79 Å². The van der Waals surface area contributed by atoms with Gasteiger partial charge < -0.3 is 0 Å². The molecule has 0 heterocycles. The van der Waals surface area contributed by atoms with Gasteiger partial charge in [-0.2, -0.15) is 0 Å². The van der Waals surface area contributed by atoms with Crippen molar-refractivity contribution in [1.29, 1.82) is 0 Å². The highest BCUT2D eigenvalue weighted by atomic mass is 16.1. The Morgan fingerprint density at radius 3 is 2.21 bits per heavy atom. The average Bonchev–Trinajstić information content (AvgIpc) is 2.27. The fourth-order valence-electron chi connectivity index (χ4n) is 1.44. The summed E-state index contributed by atoms with van der Waals surface area (Å²) in [6.07, 6.45) is 1.73. The van der Waals surface area contributed by atoms with Crippen LogP contribution < -0.4 is 0 Å². The van der Waals surface area contributed by atoms with E-state index in [2.05, 4.69) is 26.0 Å². The minimum absolute atomic E-state index is 0.223. The zero-order valence-corrected chi connectivity index (χ0v) is 9.21. The maximum Gasteiger partial charge on any atom is 0.162 e. The molecule has 0 fully saturated rings. The fourth-order valence-corrected chi connectivity index (χ4v) is 1.44. The fraction of sp³-hybridized carbons (Fsp3) is 0.462. The van der Waals surface area contributed by atoms with Crippen molar-refractivity contribution in [3.05, 3.63) is 35.4 Å². The quantitative estimate of drug-likeness (QED) is 0.660. The monoisotopic (exact) mass is 190 g/mol. The molecule has 0 N–H and O–H groups in total. The molecule has 0 aliphatic carbocycles. The van der Waals surface area contributed by atoms with Crippen LogP contribution in [0.4, 0.5) is 0 Å². The third-order valence-corrected chi connectivity index (χ3v) is 2.74. The molecule has 0 bridgehead atoms. The summed E-state index contributed by atoms with van der Waals surface area (Å²) < 4.78 is 0. The van der Waals surface area contributed by atoms with E-state index in [0.29, 0.717) is 12.3 Å². The molecule has 1 aromatic carbocycles. The first kappa shape index (κ1) is 11.0. The van der Waals surface area contributed by atoms with Crippen LogP contribution in [0.5, 0.6) is 0 Å². The summed E-state index contributed by atoms with van der Waals surface area (Å²) in [5.74, 6) is 0.807. The van der Waals surface area contributed by atoms with Gasteiger partial charge in [0.25, 0.3) is 0 Å². The van der Waals surface area contributed by atoms with E-state index in [-0.39, 0.29) is 5.78 Å². The highest BCUT2D eigenvalue weighted by Gasteiger charge is 2.05. The molecule has 0 saturated heterocycles. The predicted octanol–water partition coefficient (Wildman–Crippen LogP) is 3.79. The molecule has 0 radical (unpaired) electrons. The Hall–Kier alpha value is -1.11. The molecule has 0 saturated carbocycles. The first-order valence-electron chi connectivity index (χ1n) is 5.32.